The number of rotatable bonds is 7. The highest BCUT2D eigenvalue weighted by molar-refractivity contribution is 4.77. The number of likely N-dealkylation sites (tertiary alicyclic amines) is 1. The molecule has 0 saturated carbocycles. The predicted octanol–water partition coefficient (Wildman–Crippen LogP) is 1.41. The van der Waals surface area contributed by atoms with E-state index in [0.717, 1.165) is 6.54 Å². The van der Waals surface area contributed by atoms with Crippen LogP contribution in [0.1, 0.15) is 26.7 Å². The van der Waals surface area contributed by atoms with Gasteiger partial charge in [0.1, 0.15) is 0 Å². The van der Waals surface area contributed by atoms with Crippen molar-refractivity contribution in [2.24, 2.45) is 0 Å². The molecule has 1 fully saturated rings. The summed E-state index contributed by atoms with van der Waals surface area (Å²) in [4.78, 5) is 4.79. The minimum Gasteiger partial charge on any atom is -0.352 e. The Morgan fingerprint density at radius 3 is 2.18 bits per heavy atom. The van der Waals surface area contributed by atoms with E-state index in [-0.39, 0.29) is 6.29 Å². The maximum absolute atomic E-state index is 5.59. The zero-order valence-electron chi connectivity index (χ0n) is 11.8. The van der Waals surface area contributed by atoms with Crippen LogP contribution in [0.3, 0.4) is 0 Å². The van der Waals surface area contributed by atoms with Crippen LogP contribution in [-0.2, 0) is 9.47 Å². The van der Waals surface area contributed by atoms with Crippen LogP contribution >= 0.6 is 0 Å². The molecule has 0 bridgehead atoms. The molecule has 0 amide bonds. The number of hydrogen-bond donors (Lipinski definition) is 0. The van der Waals surface area contributed by atoms with Crippen LogP contribution in [0.25, 0.3) is 0 Å². The van der Waals surface area contributed by atoms with Crippen LogP contribution in [0.2, 0.25) is 0 Å². The van der Waals surface area contributed by atoms with Crippen LogP contribution in [0.5, 0.6) is 0 Å². The molecule has 0 aromatic rings. The monoisotopic (exact) mass is 244 g/mol. The van der Waals surface area contributed by atoms with Gasteiger partial charge in [-0.2, -0.15) is 0 Å². The Bertz CT molecular complexity index is 188. The Morgan fingerprint density at radius 2 is 1.71 bits per heavy atom. The summed E-state index contributed by atoms with van der Waals surface area (Å²) in [6.45, 7) is 8.73. The van der Waals surface area contributed by atoms with Gasteiger partial charge in [0.2, 0.25) is 0 Å². The van der Waals surface area contributed by atoms with Crippen LogP contribution in [0.15, 0.2) is 0 Å². The van der Waals surface area contributed by atoms with Crippen molar-refractivity contribution in [1.82, 2.24) is 9.80 Å². The average molecular weight is 244 g/mol. The summed E-state index contributed by atoms with van der Waals surface area (Å²) in [5.74, 6) is 0. The molecule has 17 heavy (non-hydrogen) atoms. The van der Waals surface area contributed by atoms with E-state index in [4.69, 9.17) is 9.47 Å². The summed E-state index contributed by atoms with van der Waals surface area (Å²) in [6, 6.07) is 0.676. The van der Waals surface area contributed by atoms with E-state index in [0.29, 0.717) is 19.3 Å². The van der Waals surface area contributed by atoms with Crippen LogP contribution in [0, 0.1) is 0 Å². The summed E-state index contributed by atoms with van der Waals surface area (Å²) in [5.41, 5.74) is 0. The van der Waals surface area contributed by atoms with Gasteiger partial charge in [-0.15, -0.1) is 0 Å². The predicted molar refractivity (Wildman–Crippen MR) is 70.2 cm³/mol. The maximum atomic E-state index is 5.59. The van der Waals surface area contributed by atoms with Gasteiger partial charge in [0.05, 0.1) is 0 Å². The fraction of sp³-hybridized carbons (Fsp3) is 1.00. The molecule has 0 spiro atoms. The molecule has 0 unspecified atom stereocenters. The third-order valence-corrected chi connectivity index (χ3v) is 3.45. The molecule has 0 aromatic carbocycles. The number of hydrogen-bond acceptors (Lipinski definition) is 4. The van der Waals surface area contributed by atoms with Crippen LogP contribution in [0.4, 0.5) is 0 Å². The highest BCUT2D eigenvalue weighted by atomic mass is 16.7. The van der Waals surface area contributed by atoms with E-state index >= 15 is 0 Å². The highest BCUT2D eigenvalue weighted by Gasteiger charge is 2.22. The van der Waals surface area contributed by atoms with Gasteiger partial charge in [0, 0.05) is 25.8 Å². The Hall–Kier alpha value is -0.160. The van der Waals surface area contributed by atoms with Crippen molar-refractivity contribution >= 4 is 0 Å². The Kier molecular flexibility index (Phi) is 7.04. The van der Waals surface area contributed by atoms with Crippen LogP contribution in [-0.4, -0.2) is 69.1 Å². The molecule has 0 aromatic heterocycles. The van der Waals surface area contributed by atoms with Gasteiger partial charge in [0.25, 0.3) is 0 Å². The summed E-state index contributed by atoms with van der Waals surface area (Å²) in [6.07, 6.45) is 2.42. The summed E-state index contributed by atoms with van der Waals surface area (Å²) in [5, 5.41) is 0. The van der Waals surface area contributed by atoms with Crippen molar-refractivity contribution in [3.63, 3.8) is 0 Å². The number of nitrogens with zero attached hydrogens (tertiary/aromatic N) is 2. The van der Waals surface area contributed by atoms with Gasteiger partial charge >= 0.3 is 0 Å². The Morgan fingerprint density at radius 1 is 1.18 bits per heavy atom. The third kappa shape index (κ3) is 5.34. The lowest BCUT2D eigenvalue weighted by Crippen LogP contribution is -2.45. The normalized spacial score (nSPS) is 19.4. The van der Waals surface area contributed by atoms with E-state index in [9.17, 15) is 0 Å². The van der Waals surface area contributed by atoms with Crippen molar-refractivity contribution in [3.8, 4) is 0 Å². The lowest BCUT2D eigenvalue weighted by molar-refractivity contribution is -0.149. The topological polar surface area (TPSA) is 24.9 Å². The molecule has 0 N–H and O–H groups in total. The van der Waals surface area contributed by atoms with Crippen molar-refractivity contribution in [3.05, 3.63) is 0 Å². The molecule has 4 heteroatoms. The molecular weight excluding hydrogens is 216 g/mol. The molecule has 4 nitrogen and oxygen atoms in total. The van der Waals surface area contributed by atoms with Crippen molar-refractivity contribution < 1.29 is 9.47 Å². The smallest absolute Gasteiger partial charge is 0.170 e. The molecule has 0 atom stereocenters. The van der Waals surface area contributed by atoms with Gasteiger partial charge in [-0.3, -0.25) is 4.90 Å². The summed E-state index contributed by atoms with van der Waals surface area (Å²) < 4.78 is 11.2. The second-order valence-electron chi connectivity index (χ2n) is 4.81. The van der Waals surface area contributed by atoms with Crippen LogP contribution < -0.4 is 0 Å². The molecule has 1 saturated heterocycles. The van der Waals surface area contributed by atoms with E-state index in [2.05, 4.69) is 23.9 Å². The number of piperidine rings is 1. The fourth-order valence-corrected chi connectivity index (χ4v) is 2.35. The molecule has 1 aliphatic heterocycles. The highest BCUT2D eigenvalue weighted by Crippen LogP contribution is 2.15. The van der Waals surface area contributed by atoms with Gasteiger partial charge < -0.3 is 14.4 Å². The third-order valence-electron chi connectivity index (χ3n) is 3.45. The second-order valence-corrected chi connectivity index (χ2v) is 4.81. The fourth-order valence-electron chi connectivity index (χ4n) is 2.35. The van der Waals surface area contributed by atoms with E-state index in [1.165, 1.54) is 25.9 Å². The number of ether oxygens (including phenoxy) is 2. The average Bonchev–Trinajstić information content (AvgIpc) is 2.30. The quantitative estimate of drug-likeness (QED) is 0.632. The van der Waals surface area contributed by atoms with Gasteiger partial charge in [-0.25, -0.2) is 0 Å². The van der Waals surface area contributed by atoms with Gasteiger partial charge in [0.15, 0.2) is 6.29 Å². The van der Waals surface area contributed by atoms with Crippen molar-refractivity contribution in [1.29, 1.82) is 0 Å². The minimum absolute atomic E-state index is 0.0744. The summed E-state index contributed by atoms with van der Waals surface area (Å²) in [7, 11) is 4.38. The van der Waals surface area contributed by atoms with Gasteiger partial charge in [-0.1, -0.05) is 0 Å². The number of likely N-dealkylation sites (N-methyl/N-ethyl adjacent to an activating group) is 1. The zero-order chi connectivity index (χ0) is 12.7. The molecule has 1 rings (SSSR count). The first-order chi connectivity index (χ1) is 8.17. The van der Waals surface area contributed by atoms with E-state index in [1.54, 1.807) is 0 Å². The molecular formula is C13H28N2O2. The van der Waals surface area contributed by atoms with Gasteiger partial charge in [-0.05, 0) is 53.9 Å². The second kappa shape index (κ2) is 8.03. The SMILES string of the molecule is CCOC(CN(C)C1CCN(C)CC1)OCC. The zero-order valence-corrected chi connectivity index (χ0v) is 11.8. The Balaban J connectivity index is 2.32. The maximum Gasteiger partial charge on any atom is 0.170 e. The molecule has 0 aliphatic carbocycles. The first-order valence-electron chi connectivity index (χ1n) is 6.79. The first kappa shape index (κ1) is 14.9. The van der Waals surface area contributed by atoms with Crippen molar-refractivity contribution in [2.45, 2.75) is 39.0 Å². The molecule has 1 aliphatic rings. The lowest BCUT2D eigenvalue weighted by Gasteiger charge is -2.36. The standard InChI is InChI=1S/C13H28N2O2/c1-5-16-13(17-6-2)11-15(4)12-7-9-14(3)10-8-12/h12-13H,5-11H2,1-4H3. The molecule has 102 valence electrons. The summed E-state index contributed by atoms with van der Waals surface area (Å²) >= 11 is 0. The van der Waals surface area contributed by atoms with E-state index < -0.39 is 0 Å². The van der Waals surface area contributed by atoms with E-state index in [1.807, 2.05) is 13.8 Å². The minimum atomic E-state index is -0.0744. The largest absolute Gasteiger partial charge is 0.352 e. The molecule has 1 heterocycles. The first-order valence-corrected chi connectivity index (χ1v) is 6.79. The Labute approximate surface area is 106 Å². The lowest BCUT2D eigenvalue weighted by atomic mass is 10.0. The molecule has 0 radical (unpaired) electrons. The van der Waals surface area contributed by atoms with Crippen molar-refractivity contribution in [2.75, 3.05) is 46.9 Å².